The van der Waals surface area contributed by atoms with Gasteiger partial charge in [0.2, 0.25) is 0 Å². The number of nitrogens with zero attached hydrogens (tertiary/aromatic N) is 3. The van der Waals surface area contributed by atoms with Gasteiger partial charge < -0.3 is 0 Å². The molecule has 3 atom stereocenters. The molecule has 0 bridgehead atoms. The molecule has 0 aromatic rings. The first-order valence-corrected chi connectivity index (χ1v) is 8.59. The monoisotopic (exact) mass is 263 g/mol. The molecule has 108 valence electrons. The molecule has 3 unspecified atom stereocenters. The molecule has 0 N–H and O–H groups in total. The van der Waals surface area contributed by atoms with E-state index >= 15 is 0 Å². The van der Waals surface area contributed by atoms with E-state index in [-0.39, 0.29) is 0 Å². The Kier molecular flexibility index (Phi) is 3.33. The van der Waals surface area contributed by atoms with E-state index < -0.39 is 0 Å². The fourth-order valence-electron chi connectivity index (χ4n) is 4.73. The van der Waals surface area contributed by atoms with E-state index in [1.54, 1.807) is 0 Å². The Morgan fingerprint density at radius 3 is 2.42 bits per heavy atom. The van der Waals surface area contributed by atoms with Gasteiger partial charge in [-0.3, -0.25) is 14.7 Å². The van der Waals surface area contributed by atoms with Crippen LogP contribution in [0.4, 0.5) is 0 Å². The van der Waals surface area contributed by atoms with Gasteiger partial charge >= 0.3 is 0 Å². The number of hydrogen-bond acceptors (Lipinski definition) is 3. The minimum absolute atomic E-state index is 0.832. The van der Waals surface area contributed by atoms with Gasteiger partial charge in [0.15, 0.2) is 0 Å². The van der Waals surface area contributed by atoms with Gasteiger partial charge in [-0.25, -0.2) is 0 Å². The molecule has 3 aliphatic heterocycles. The summed E-state index contributed by atoms with van der Waals surface area (Å²) in [5.41, 5.74) is 0. The molecule has 0 aromatic heterocycles. The summed E-state index contributed by atoms with van der Waals surface area (Å²) >= 11 is 0. The lowest BCUT2D eigenvalue weighted by Crippen LogP contribution is -2.59. The van der Waals surface area contributed by atoms with Gasteiger partial charge in [-0.1, -0.05) is 6.92 Å². The van der Waals surface area contributed by atoms with Gasteiger partial charge in [0.25, 0.3) is 0 Å². The van der Waals surface area contributed by atoms with Crippen molar-refractivity contribution in [2.24, 2.45) is 0 Å². The first-order chi connectivity index (χ1) is 9.35. The second-order valence-electron chi connectivity index (χ2n) is 7.22. The summed E-state index contributed by atoms with van der Waals surface area (Å²) in [4.78, 5) is 8.46. The van der Waals surface area contributed by atoms with Crippen molar-refractivity contribution >= 4 is 0 Å². The molecule has 3 heteroatoms. The Balaban J connectivity index is 1.43. The van der Waals surface area contributed by atoms with Gasteiger partial charge in [-0.05, 0) is 45.1 Å². The molecular formula is C16H29N3. The molecule has 3 saturated heterocycles. The van der Waals surface area contributed by atoms with Gasteiger partial charge in [-0.15, -0.1) is 0 Å². The maximum Gasteiger partial charge on any atom is 0.0239 e. The number of likely N-dealkylation sites (tertiary alicyclic amines) is 1. The van der Waals surface area contributed by atoms with Crippen molar-refractivity contribution in [1.82, 2.24) is 14.7 Å². The van der Waals surface area contributed by atoms with E-state index in [1.165, 1.54) is 71.2 Å². The van der Waals surface area contributed by atoms with Crippen LogP contribution in [0.2, 0.25) is 0 Å². The molecule has 0 spiro atoms. The number of piperazine rings is 1. The van der Waals surface area contributed by atoms with Crippen LogP contribution in [0.25, 0.3) is 0 Å². The van der Waals surface area contributed by atoms with Crippen LogP contribution in [0.1, 0.15) is 45.4 Å². The van der Waals surface area contributed by atoms with E-state index in [1.807, 2.05) is 0 Å². The Labute approximate surface area is 117 Å². The third-order valence-corrected chi connectivity index (χ3v) is 6.03. The highest BCUT2D eigenvalue weighted by molar-refractivity contribution is 4.98. The second kappa shape index (κ2) is 5.01. The van der Waals surface area contributed by atoms with Crippen LogP contribution < -0.4 is 0 Å². The van der Waals surface area contributed by atoms with Gasteiger partial charge in [0.1, 0.15) is 0 Å². The molecule has 3 heterocycles. The van der Waals surface area contributed by atoms with Crippen molar-refractivity contribution < 1.29 is 0 Å². The normalized spacial score (nSPS) is 41.8. The lowest BCUT2D eigenvalue weighted by Gasteiger charge is -2.46. The first-order valence-electron chi connectivity index (χ1n) is 8.59. The van der Waals surface area contributed by atoms with E-state index in [2.05, 4.69) is 21.6 Å². The summed E-state index contributed by atoms with van der Waals surface area (Å²) in [6.07, 6.45) is 8.60. The Morgan fingerprint density at radius 2 is 1.63 bits per heavy atom. The summed E-state index contributed by atoms with van der Waals surface area (Å²) in [6.45, 7) is 9.21. The van der Waals surface area contributed by atoms with Crippen LogP contribution in [0.5, 0.6) is 0 Å². The highest BCUT2D eigenvalue weighted by Gasteiger charge is 2.42. The zero-order valence-corrected chi connectivity index (χ0v) is 12.4. The van der Waals surface area contributed by atoms with Gasteiger partial charge in [-0.2, -0.15) is 0 Å². The smallest absolute Gasteiger partial charge is 0.0239 e. The largest absolute Gasteiger partial charge is 0.299 e. The van der Waals surface area contributed by atoms with Crippen molar-refractivity contribution in [2.75, 3.05) is 32.7 Å². The average molecular weight is 263 g/mol. The van der Waals surface area contributed by atoms with E-state index in [0.717, 1.165) is 24.2 Å². The summed E-state index contributed by atoms with van der Waals surface area (Å²) in [5.74, 6) is 0. The zero-order valence-electron chi connectivity index (χ0n) is 12.4. The highest BCUT2D eigenvalue weighted by atomic mass is 15.4. The van der Waals surface area contributed by atoms with Crippen molar-refractivity contribution in [2.45, 2.75) is 69.6 Å². The van der Waals surface area contributed by atoms with E-state index in [0.29, 0.717) is 0 Å². The van der Waals surface area contributed by atoms with Gasteiger partial charge in [0.05, 0.1) is 0 Å². The predicted octanol–water partition coefficient (Wildman–Crippen LogP) is 1.78. The highest BCUT2D eigenvalue weighted by Crippen LogP contribution is 2.34. The summed E-state index contributed by atoms with van der Waals surface area (Å²) in [5, 5.41) is 0. The Morgan fingerprint density at radius 1 is 0.789 bits per heavy atom. The average Bonchev–Trinajstić information content (AvgIpc) is 3.01. The first kappa shape index (κ1) is 12.6. The molecule has 19 heavy (non-hydrogen) atoms. The topological polar surface area (TPSA) is 9.72 Å². The third-order valence-electron chi connectivity index (χ3n) is 6.03. The van der Waals surface area contributed by atoms with Crippen molar-refractivity contribution in [3.05, 3.63) is 0 Å². The predicted molar refractivity (Wildman–Crippen MR) is 78.4 cm³/mol. The third kappa shape index (κ3) is 2.34. The fourth-order valence-corrected chi connectivity index (χ4v) is 4.73. The summed E-state index contributed by atoms with van der Waals surface area (Å²) < 4.78 is 0. The molecule has 0 amide bonds. The number of fused-ring (bicyclic) bond motifs is 1. The molecule has 1 aliphatic carbocycles. The molecule has 4 rings (SSSR count). The van der Waals surface area contributed by atoms with Crippen molar-refractivity contribution in [3.8, 4) is 0 Å². The van der Waals surface area contributed by atoms with Crippen LogP contribution in [0.3, 0.4) is 0 Å². The Bertz CT molecular complexity index is 328. The molecule has 0 radical (unpaired) electrons. The van der Waals surface area contributed by atoms with E-state index in [9.17, 15) is 0 Å². The molecule has 1 saturated carbocycles. The number of rotatable bonds is 3. The van der Waals surface area contributed by atoms with Gasteiger partial charge in [0, 0.05) is 50.3 Å². The lowest BCUT2D eigenvalue weighted by atomic mass is 10.0. The fraction of sp³-hybridized carbons (Fsp3) is 1.00. The molecular weight excluding hydrogens is 234 g/mol. The minimum Gasteiger partial charge on any atom is -0.299 e. The minimum atomic E-state index is 0.832. The van der Waals surface area contributed by atoms with Crippen LogP contribution >= 0.6 is 0 Å². The maximum absolute atomic E-state index is 2.91. The van der Waals surface area contributed by atoms with E-state index in [4.69, 9.17) is 0 Å². The summed E-state index contributed by atoms with van der Waals surface area (Å²) in [7, 11) is 0. The zero-order chi connectivity index (χ0) is 12.8. The molecule has 3 nitrogen and oxygen atoms in total. The molecule has 4 fully saturated rings. The molecule has 4 aliphatic rings. The van der Waals surface area contributed by atoms with Crippen LogP contribution in [-0.2, 0) is 0 Å². The quantitative estimate of drug-likeness (QED) is 0.768. The second-order valence-corrected chi connectivity index (χ2v) is 7.22. The maximum atomic E-state index is 2.91. The number of hydrogen-bond donors (Lipinski definition) is 0. The summed E-state index contributed by atoms with van der Waals surface area (Å²) in [6, 6.07) is 3.56. The molecule has 0 aromatic carbocycles. The van der Waals surface area contributed by atoms with Crippen molar-refractivity contribution in [3.63, 3.8) is 0 Å². The standard InChI is InChI=1S/C16H29N3/c1-2-13-10-17-8-3-4-15(17)12-19(13)16-7-9-18(11-16)14-5-6-14/h13-16H,2-12H2,1H3. The van der Waals surface area contributed by atoms with Crippen LogP contribution in [-0.4, -0.2) is 71.6 Å². The van der Waals surface area contributed by atoms with Crippen molar-refractivity contribution in [1.29, 1.82) is 0 Å². The van der Waals surface area contributed by atoms with Crippen LogP contribution in [0, 0.1) is 0 Å². The Hall–Kier alpha value is -0.120. The lowest BCUT2D eigenvalue weighted by molar-refractivity contribution is 0.0206. The van der Waals surface area contributed by atoms with Crippen LogP contribution in [0.15, 0.2) is 0 Å². The SMILES string of the molecule is CCC1CN2CCCC2CN1C1CCN(C2CC2)C1.